The third kappa shape index (κ3) is 1.63. The minimum Gasteiger partial charge on any atom is -0.396 e. The molecule has 0 unspecified atom stereocenters. The predicted molar refractivity (Wildman–Crippen MR) is 85.5 cm³/mol. The highest BCUT2D eigenvalue weighted by Crippen LogP contribution is 2.41. The molecule has 0 amide bonds. The van der Waals surface area contributed by atoms with E-state index >= 15 is 0 Å². The molecule has 3 heterocycles. The standard InChI is InChI=1S/C16H12BClF2N2/c1-11-5-2-6-12(18)15(11)16-13-7-3-9-21(13)17(19,20)22-10-4-8-14(16)22/h2-10H,1H3. The molecule has 22 heavy (non-hydrogen) atoms. The fourth-order valence-electron chi connectivity index (χ4n) is 3.22. The van der Waals surface area contributed by atoms with E-state index in [1.165, 1.54) is 12.4 Å². The molecule has 0 aliphatic carbocycles. The molecule has 2 aliphatic rings. The topological polar surface area (TPSA) is 7.94 Å². The van der Waals surface area contributed by atoms with Crippen LogP contribution in [-0.4, -0.2) is 22.1 Å². The van der Waals surface area contributed by atoms with E-state index in [-0.39, 0.29) is 0 Å². The predicted octanol–water partition coefficient (Wildman–Crippen LogP) is 4.10. The van der Waals surface area contributed by atoms with E-state index in [9.17, 15) is 8.63 Å². The van der Waals surface area contributed by atoms with Crippen LogP contribution < -0.4 is 0 Å². The lowest BCUT2D eigenvalue weighted by Crippen LogP contribution is -2.49. The van der Waals surface area contributed by atoms with Crippen LogP contribution >= 0.6 is 11.6 Å². The van der Waals surface area contributed by atoms with Gasteiger partial charge in [-0.3, -0.25) is 0 Å². The van der Waals surface area contributed by atoms with Crippen LogP contribution in [0.15, 0.2) is 54.4 Å². The molecule has 0 N–H and O–H groups in total. The summed E-state index contributed by atoms with van der Waals surface area (Å²) in [5.74, 6) is 0. The second-order valence-electron chi connectivity index (χ2n) is 5.50. The van der Waals surface area contributed by atoms with Crippen LogP contribution in [0.1, 0.15) is 16.8 Å². The highest BCUT2D eigenvalue weighted by atomic mass is 35.5. The average Bonchev–Trinajstić information content (AvgIpc) is 3.11. The molecule has 0 atom stereocenters. The summed E-state index contributed by atoms with van der Waals surface area (Å²) in [6.07, 6.45) is 6.20. The lowest BCUT2D eigenvalue weighted by molar-refractivity contribution is -0.356. The van der Waals surface area contributed by atoms with Gasteiger partial charge in [0.15, 0.2) is 5.70 Å². The average molecular weight is 317 g/mol. The van der Waals surface area contributed by atoms with E-state index < -0.39 is 6.97 Å². The normalized spacial score (nSPS) is 18.3. The summed E-state index contributed by atoms with van der Waals surface area (Å²) in [5, 5.41) is 0.563. The molecule has 0 bridgehead atoms. The molecule has 2 nitrogen and oxygen atoms in total. The van der Waals surface area contributed by atoms with Gasteiger partial charge < -0.3 is 17.6 Å². The van der Waals surface area contributed by atoms with Crippen LogP contribution in [0.2, 0.25) is 5.02 Å². The smallest absolute Gasteiger partial charge is 0.396 e. The highest BCUT2D eigenvalue weighted by molar-refractivity contribution is 6.57. The zero-order valence-electron chi connectivity index (χ0n) is 11.8. The summed E-state index contributed by atoms with van der Waals surface area (Å²) in [5.41, 5.74) is 3.49. The maximum Gasteiger partial charge on any atom is 0.737 e. The summed E-state index contributed by atoms with van der Waals surface area (Å²) in [7, 11) is 0. The number of allylic oxidation sites excluding steroid dienone is 2. The molecule has 2 aromatic rings. The number of benzene rings is 1. The fourth-order valence-corrected chi connectivity index (χ4v) is 3.54. The minimum atomic E-state index is -3.87. The molecule has 6 heteroatoms. The first-order chi connectivity index (χ1) is 10.5. The van der Waals surface area contributed by atoms with Crippen LogP contribution in [0, 0.1) is 6.92 Å². The summed E-state index contributed by atoms with van der Waals surface area (Å²) >= 11 is 6.38. The number of fused-ring (bicyclic) bond motifs is 2. The van der Waals surface area contributed by atoms with Crippen LogP contribution in [0.3, 0.4) is 0 Å². The van der Waals surface area contributed by atoms with Crippen molar-refractivity contribution < 1.29 is 13.1 Å². The van der Waals surface area contributed by atoms with Crippen LogP contribution in [-0.2, 0) is 0 Å². The van der Waals surface area contributed by atoms with Gasteiger partial charge in [-0.2, -0.15) is 0 Å². The van der Waals surface area contributed by atoms with E-state index in [2.05, 4.69) is 0 Å². The Kier molecular flexibility index (Phi) is 2.72. The van der Waals surface area contributed by atoms with E-state index in [4.69, 9.17) is 11.6 Å². The van der Waals surface area contributed by atoms with Crippen molar-refractivity contribution in [1.82, 2.24) is 4.48 Å². The Hall–Kier alpha value is -2.14. The number of hydrogen-bond acceptors (Lipinski definition) is 0. The van der Waals surface area contributed by atoms with Gasteiger partial charge in [-0.25, -0.2) is 0 Å². The van der Waals surface area contributed by atoms with E-state index in [1.54, 1.807) is 30.4 Å². The van der Waals surface area contributed by atoms with Gasteiger partial charge in [-0.05, 0) is 36.9 Å². The van der Waals surface area contributed by atoms with Crippen molar-refractivity contribution >= 4 is 30.4 Å². The van der Waals surface area contributed by atoms with Crippen molar-refractivity contribution in [1.29, 1.82) is 0 Å². The maximum absolute atomic E-state index is 14.7. The zero-order chi connectivity index (χ0) is 15.5. The van der Waals surface area contributed by atoms with Gasteiger partial charge in [0.2, 0.25) is 0 Å². The maximum atomic E-state index is 14.7. The second-order valence-corrected chi connectivity index (χ2v) is 5.90. The zero-order valence-corrected chi connectivity index (χ0v) is 12.6. The van der Waals surface area contributed by atoms with Gasteiger partial charge in [0.25, 0.3) is 0 Å². The van der Waals surface area contributed by atoms with Crippen LogP contribution in [0.5, 0.6) is 0 Å². The SMILES string of the molecule is Cc1cccc(Cl)c1C1=C2C=CC=[N+]2[B-](F)(F)n2cccc21. The summed E-state index contributed by atoms with van der Waals surface area (Å²) < 4.78 is 31.5. The van der Waals surface area contributed by atoms with Gasteiger partial charge in [-0.1, -0.05) is 23.7 Å². The molecule has 0 radical (unpaired) electrons. The number of nitrogens with zero attached hydrogens (tertiary/aromatic N) is 2. The van der Waals surface area contributed by atoms with Gasteiger partial charge in [0.1, 0.15) is 6.21 Å². The van der Waals surface area contributed by atoms with Crippen molar-refractivity contribution in [3.05, 3.63) is 76.2 Å². The van der Waals surface area contributed by atoms with Gasteiger partial charge in [0.05, 0.1) is 5.57 Å². The fraction of sp³-hybridized carbons (Fsp3) is 0.0625. The summed E-state index contributed by atoms with van der Waals surface area (Å²) in [6.45, 7) is -1.93. The molecular weight excluding hydrogens is 304 g/mol. The third-order valence-corrected chi connectivity index (χ3v) is 4.53. The Morgan fingerprint density at radius 1 is 1.18 bits per heavy atom. The molecular formula is C16H12BClF2N2. The first-order valence-electron chi connectivity index (χ1n) is 7.01. The van der Waals surface area contributed by atoms with E-state index in [1.807, 2.05) is 19.1 Å². The monoisotopic (exact) mass is 316 g/mol. The molecule has 2 aliphatic heterocycles. The molecule has 1 aromatic heterocycles. The van der Waals surface area contributed by atoms with Crippen molar-refractivity contribution in [2.45, 2.75) is 6.92 Å². The lowest BCUT2D eigenvalue weighted by Gasteiger charge is -2.31. The van der Waals surface area contributed by atoms with Crippen molar-refractivity contribution in [3.8, 4) is 0 Å². The first-order valence-corrected chi connectivity index (χ1v) is 7.39. The Labute approximate surface area is 131 Å². The van der Waals surface area contributed by atoms with E-state index in [0.717, 1.165) is 25.7 Å². The van der Waals surface area contributed by atoms with Gasteiger partial charge in [0, 0.05) is 28.4 Å². The van der Waals surface area contributed by atoms with Crippen molar-refractivity contribution in [3.63, 3.8) is 0 Å². The Morgan fingerprint density at radius 3 is 2.77 bits per heavy atom. The largest absolute Gasteiger partial charge is 0.737 e. The van der Waals surface area contributed by atoms with Crippen LogP contribution in [0.4, 0.5) is 8.63 Å². The Bertz CT molecular complexity index is 873. The summed E-state index contributed by atoms with van der Waals surface area (Å²) in [4.78, 5) is 0. The molecule has 110 valence electrons. The molecule has 0 fully saturated rings. The molecule has 0 saturated heterocycles. The lowest BCUT2D eigenvalue weighted by atomic mass is 9.85. The van der Waals surface area contributed by atoms with Crippen molar-refractivity contribution in [2.75, 3.05) is 0 Å². The first kappa shape index (κ1) is 13.5. The number of aromatic nitrogens is 1. The van der Waals surface area contributed by atoms with Crippen LogP contribution in [0.25, 0.3) is 5.57 Å². The summed E-state index contributed by atoms with van der Waals surface area (Å²) in [6, 6.07) is 8.94. The molecule has 1 aromatic carbocycles. The number of aryl methyl sites for hydroxylation is 1. The number of halogens is 3. The minimum absolute atomic E-state index is 0.493. The number of rotatable bonds is 1. The molecule has 0 spiro atoms. The quantitative estimate of drug-likeness (QED) is 0.700. The third-order valence-electron chi connectivity index (χ3n) is 4.21. The molecule has 0 saturated carbocycles. The number of hydrogen-bond donors (Lipinski definition) is 0. The highest BCUT2D eigenvalue weighted by Gasteiger charge is 2.51. The van der Waals surface area contributed by atoms with Gasteiger partial charge >= 0.3 is 6.97 Å². The van der Waals surface area contributed by atoms with Gasteiger partial charge in [-0.15, -0.1) is 0 Å². The second kappa shape index (κ2) is 4.43. The Balaban J connectivity index is 2.12. The van der Waals surface area contributed by atoms with Crippen molar-refractivity contribution in [2.24, 2.45) is 0 Å². The molecule has 4 rings (SSSR count). The Morgan fingerprint density at radius 2 is 2.00 bits per heavy atom. The van der Waals surface area contributed by atoms with E-state index in [0.29, 0.717) is 16.4 Å².